The van der Waals surface area contributed by atoms with E-state index in [1.165, 1.54) is 5.56 Å². The zero-order valence-corrected chi connectivity index (χ0v) is 11.9. The van der Waals surface area contributed by atoms with E-state index in [1.807, 2.05) is 19.2 Å². The van der Waals surface area contributed by atoms with Gasteiger partial charge in [-0.25, -0.2) is 0 Å². The predicted octanol–water partition coefficient (Wildman–Crippen LogP) is 2.32. The number of hydrogen-bond acceptors (Lipinski definition) is 4. The van der Waals surface area contributed by atoms with Gasteiger partial charge in [-0.2, -0.15) is 0 Å². The van der Waals surface area contributed by atoms with Crippen molar-refractivity contribution in [2.45, 2.75) is 13.3 Å². The maximum Gasteiger partial charge on any atom is 0.162 e. The van der Waals surface area contributed by atoms with Crippen molar-refractivity contribution >= 4 is 10.9 Å². The number of pyridine rings is 1. The summed E-state index contributed by atoms with van der Waals surface area (Å²) >= 11 is 0. The highest BCUT2D eigenvalue weighted by atomic mass is 16.5. The highest BCUT2D eigenvalue weighted by Crippen LogP contribution is 2.32. The molecule has 4 heteroatoms. The number of likely N-dealkylation sites (N-methyl/N-ethyl adjacent to an activating group) is 1. The standard InChI is InChI=1S/C15H20N2O2/c1-10-7-11-8-14(18-3)15(19-4)9-13(11)17-12(10)5-6-16-2/h7-9,16H,5-6H2,1-4H3. The number of hydrogen-bond donors (Lipinski definition) is 1. The summed E-state index contributed by atoms with van der Waals surface area (Å²) in [7, 11) is 5.23. The summed E-state index contributed by atoms with van der Waals surface area (Å²) in [4.78, 5) is 4.72. The first-order valence-corrected chi connectivity index (χ1v) is 6.36. The predicted molar refractivity (Wildman–Crippen MR) is 77.2 cm³/mol. The van der Waals surface area contributed by atoms with Crippen LogP contribution in [0.15, 0.2) is 18.2 Å². The van der Waals surface area contributed by atoms with Gasteiger partial charge >= 0.3 is 0 Å². The molecule has 0 amide bonds. The molecule has 2 rings (SSSR count). The quantitative estimate of drug-likeness (QED) is 0.896. The lowest BCUT2D eigenvalue weighted by Crippen LogP contribution is -2.12. The lowest BCUT2D eigenvalue weighted by atomic mass is 10.1. The fourth-order valence-corrected chi connectivity index (χ4v) is 2.14. The van der Waals surface area contributed by atoms with Gasteiger partial charge in [0.05, 0.1) is 19.7 Å². The fourth-order valence-electron chi connectivity index (χ4n) is 2.14. The summed E-state index contributed by atoms with van der Waals surface area (Å²) in [5.41, 5.74) is 3.26. The second-order valence-corrected chi connectivity index (χ2v) is 4.51. The van der Waals surface area contributed by atoms with Gasteiger partial charge in [0.1, 0.15) is 0 Å². The molecule has 19 heavy (non-hydrogen) atoms. The molecular formula is C15H20N2O2. The fraction of sp³-hybridized carbons (Fsp3) is 0.400. The number of ether oxygens (including phenoxy) is 2. The van der Waals surface area contributed by atoms with Crippen LogP contribution in [-0.4, -0.2) is 32.8 Å². The Bertz CT molecular complexity index is 582. The first-order chi connectivity index (χ1) is 9.19. The van der Waals surface area contributed by atoms with Crippen molar-refractivity contribution in [1.29, 1.82) is 0 Å². The molecule has 1 aromatic carbocycles. The highest BCUT2D eigenvalue weighted by Gasteiger charge is 2.09. The van der Waals surface area contributed by atoms with E-state index in [1.54, 1.807) is 14.2 Å². The zero-order valence-electron chi connectivity index (χ0n) is 11.9. The van der Waals surface area contributed by atoms with Gasteiger partial charge in [0.15, 0.2) is 11.5 Å². The minimum absolute atomic E-state index is 0.714. The Balaban J connectivity index is 2.52. The molecular weight excluding hydrogens is 240 g/mol. The van der Waals surface area contributed by atoms with Crippen LogP contribution in [0.5, 0.6) is 11.5 Å². The normalized spacial score (nSPS) is 10.7. The molecule has 1 N–H and O–H groups in total. The monoisotopic (exact) mass is 260 g/mol. The molecule has 0 aliphatic carbocycles. The van der Waals surface area contributed by atoms with Gasteiger partial charge < -0.3 is 14.8 Å². The Labute approximate surface area is 113 Å². The lowest BCUT2D eigenvalue weighted by Gasteiger charge is -2.11. The van der Waals surface area contributed by atoms with Crippen molar-refractivity contribution in [3.63, 3.8) is 0 Å². The average molecular weight is 260 g/mol. The van der Waals surface area contributed by atoms with Crippen LogP contribution in [0.25, 0.3) is 10.9 Å². The van der Waals surface area contributed by atoms with Gasteiger partial charge in [0.25, 0.3) is 0 Å². The number of nitrogens with one attached hydrogen (secondary N) is 1. The smallest absolute Gasteiger partial charge is 0.162 e. The van der Waals surface area contributed by atoms with E-state index in [-0.39, 0.29) is 0 Å². The summed E-state index contributed by atoms with van der Waals surface area (Å²) in [5.74, 6) is 1.45. The Kier molecular flexibility index (Phi) is 4.22. The molecule has 0 spiro atoms. The van der Waals surface area contributed by atoms with E-state index in [0.29, 0.717) is 5.75 Å². The summed E-state index contributed by atoms with van der Waals surface area (Å²) in [5, 5.41) is 4.22. The van der Waals surface area contributed by atoms with E-state index in [9.17, 15) is 0 Å². The van der Waals surface area contributed by atoms with E-state index in [2.05, 4.69) is 18.3 Å². The maximum atomic E-state index is 5.32. The SMILES string of the molecule is CNCCc1nc2cc(OC)c(OC)cc2cc1C. The lowest BCUT2D eigenvalue weighted by molar-refractivity contribution is 0.356. The Morgan fingerprint density at radius 3 is 2.42 bits per heavy atom. The Morgan fingerprint density at radius 2 is 1.79 bits per heavy atom. The first kappa shape index (κ1) is 13.6. The summed E-state index contributed by atoms with van der Waals surface area (Å²) in [6.45, 7) is 3.01. The van der Waals surface area contributed by atoms with Crippen LogP contribution in [0, 0.1) is 6.92 Å². The number of benzene rings is 1. The molecule has 102 valence electrons. The van der Waals surface area contributed by atoms with Crippen molar-refractivity contribution in [3.8, 4) is 11.5 Å². The summed E-state index contributed by atoms with van der Waals surface area (Å²) in [6, 6.07) is 6.04. The number of rotatable bonds is 5. The third-order valence-corrected chi connectivity index (χ3v) is 3.23. The number of aryl methyl sites for hydroxylation is 1. The van der Waals surface area contributed by atoms with Gasteiger partial charge in [-0.3, -0.25) is 4.98 Å². The van der Waals surface area contributed by atoms with Gasteiger partial charge in [0, 0.05) is 30.1 Å². The van der Waals surface area contributed by atoms with Crippen molar-refractivity contribution in [2.75, 3.05) is 27.8 Å². The van der Waals surface area contributed by atoms with Crippen LogP contribution in [0.2, 0.25) is 0 Å². The highest BCUT2D eigenvalue weighted by molar-refractivity contribution is 5.83. The third kappa shape index (κ3) is 2.79. The average Bonchev–Trinajstić information content (AvgIpc) is 2.43. The zero-order chi connectivity index (χ0) is 13.8. The van der Waals surface area contributed by atoms with E-state index >= 15 is 0 Å². The largest absolute Gasteiger partial charge is 0.493 e. The molecule has 0 aliphatic rings. The molecule has 1 aromatic heterocycles. The minimum Gasteiger partial charge on any atom is -0.493 e. The topological polar surface area (TPSA) is 43.4 Å². The minimum atomic E-state index is 0.714. The van der Waals surface area contributed by atoms with Gasteiger partial charge in [-0.05, 0) is 31.7 Å². The Morgan fingerprint density at radius 1 is 1.11 bits per heavy atom. The molecule has 0 saturated heterocycles. The summed E-state index contributed by atoms with van der Waals surface area (Å²) in [6.07, 6.45) is 0.923. The molecule has 0 saturated carbocycles. The number of nitrogens with zero attached hydrogens (tertiary/aromatic N) is 1. The molecule has 1 heterocycles. The van der Waals surface area contributed by atoms with Crippen LogP contribution in [0.1, 0.15) is 11.3 Å². The molecule has 2 aromatic rings. The second-order valence-electron chi connectivity index (χ2n) is 4.51. The van der Waals surface area contributed by atoms with Crippen molar-refractivity contribution in [1.82, 2.24) is 10.3 Å². The van der Waals surface area contributed by atoms with Crippen molar-refractivity contribution < 1.29 is 9.47 Å². The molecule has 0 fully saturated rings. The van der Waals surface area contributed by atoms with Gasteiger partial charge in [0.2, 0.25) is 0 Å². The summed E-state index contributed by atoms with van der Waals surface area (Å²) < 4.78 is 10.6. The van der Waals surface area contributed by atoms with E-state index < -0.39 is 0 Å². The molecule has 0 atom stereocenters. The van der Waals surface area contributed by atoms with Crippen LogP contribution < -0.4 is 14.8 Å². The molecule has 0 radical (unpaired) electrons. The third-order valence-electron chi connectivity index (χ3n) is 3.23. The molecule has 4 nitrogen and oxygen atoms in total. The number of fused-ring (bicyclic) bond motifs is 1. The van der Waals surface area contributed by atoms with Crippen LogP contribution in [0.3, 0.4) is 0 Å². The number of methoxy groups -OCH3 is 2. The van der Waals surface area contributed by atoms with Crippen molar-refractivity contribution in [2.24, 2.45) is 0 Å². The molecule has 0 aliphatic heterocycles. The maximum absolute atomic E-state index is 5.32. The second kappa shape index (κ2) is 5.89. The van der Waals surface area contributed by atoms with E-state index in [0.717, 1.165) is 35.3 Å². The Hall–Kier alpha value is -1.81. The molecule has 0 unspecified atom stereocenters. The van der Waals surface area contributed by atoms with Crippen LogP contribution in [-0.2, 0) is 6.42 Å². The van der Waals surface area contributed by atoms with Crippen LogP contribution in [0.4, 0.5) is 0 Å². The van der Waals surface area contributed by atoms with Gasteiger partial charge in [-0.15, -0.1) is 0 Å². The number of aromatic nitrogens is 1. The van der Waals surface area contributed by atoms with Gasteiger partial charge in [-0.1, -0.05) is 0 Å². The first-order valence-electron chi connectivity index (χ1n) is 6.36. The van der Waals surface area contributed by atoms with Crippen LogP contribution >= 0.6 is 0 Å². The van der Waals surface area contributed by atoms with Crippen molar-refractivity contribution in [3.05, 3.63) is 29.5 Å². The molecule has 0 bridgehead atoms. The van der Waals surface area contributed by atoms with E-state index in [4.69, 9.17) is 14.5 Å².